The lowest BCUT2D eigenvalue weighted by molar-refractivity contribution is 0.415. The average molecular weight is 341 g/mol. The predicted molar refractivity (Wildman–Crippen MR) is 97.8 cm³/mol. The number of aromatic nitrogens is 2. The lowest BCUT2D eigenvalue weighted by Gasteiger charge is -2.10. The minimum Gasteiger partial charge on any atom is -0.497 e. The summed E-state index contributed by atoms with van der Waals surface area (Å²) in [5, 5.41) is 7.09. The van der Waals surface area contributed by atoms with Gasteiger partial charge < -0.3 is 15.4 Å². The molecule has 5 nitrogen and oxygen atoms in total. The van der Waals surface area contributed by atoms with Gasteiger partial charge in [-0.25, -0.2) is 4.98 Å². The zero-order valence-corrected chi connectivity index (χ0v) is 14.1. The second-order valence-corrected chi connectivity index (χ2v) is 5.64. The number of nitrogens with one attached hydrogen (secondary N) is 2. The number of aryl methyl sites for hydroxylation is 1. The van der Waals surface area contributed by atoms with E-state index in [9.17, 15) is 0 Å². The van der Waals surface area contributed by atoms with Gasteiger partial charge in [-0.3, -0.25) is 0 Å². The first-order chi connectivity index (χ1) is 11.6. The third kappa shape index (κ3) is 4.14. The Hall–Kier alpha value is -2.79. The smallest absolute Gasteiger partial charge is 0.229 e. The van der Waals surface area contributed by atoms with Gasteiger partial charge in [0.2, 0.25) is 5.95 Å². The van der Waals surface area contributed by atoms with Crippen molar-refractivity contribution in [3.63, 3.8) is 0 Å². The highest BCUT2D eigenvalue weighted by Gasteiger charge is 2.04. The van der Waals surface area contributed by atoms with Crippen LogP contribution in [0.1, 0.15) is 5.69 Å². The maximum Gasteiger partial charge on any atom is 0.229 e. The highest BCUT2D eigenvalue weighted by molar-refractivity contribution is 6.30. The van der Waals surface area contributed by atoms with Gasteiger partial charge in [-0.15, -0.1) is 0 Å². The van der Waals surface area contributed by atoms with Crippen molar-refractivity contribution in [3.8, 4) is 5.75 Å². The van der Waals surface area contributed by atoms with E-state index in [0.29, 0.717) is 16.8 Å². The number of hydrogen-bond acceptors (Lipinski definition) is 5. The SMILES string of the molecule is COc1ccc(Nc2nc(C)cc(Nc3cccc(Cl)c3)n2)cc1. The number of anilines is 4. The molecule has 0 atom stereocenters. The topological polar surface area (TPSA) is 59.1 Å². The van der Waals surface area contributed by atoms with Crippen LogP contribution in [0.15, 0.2) is 54.6 Å². The van der Waals surface area contributed by atoms with E-state index in [0.717, 1.165) is 22.8 Å². The van der Waals surface area contributed by atoms with Crippen LogP contribution < -0.4 is 15.4 Å². The van der Waals surface area contributed by atoms with E-state index in [1.807, 2.05) is 61.5 Å². The standard InChI is InChI=1S/C18H17ClN4O/c1-12-10-17(21-15-5-3-4-13(19)11-15)23-18(20-12)22-14-6-8-16(24-2)9-7-14/h3-11H,1-2H3,(H2,20,21,22,23). The summed E-state index contributed by atoms with van der Waals surface area (Å²) in [5.74, 6) is 2.01. The van der Waals surface area contributed by atoms with E-state index in [1.54, 1.807) is 7.11 Å². The molecule has 0 unspecified atom stereocenters. The Kier molecular flexibility index (Phi) is 4.82. The number of hydrogen-bond donors (Lipinski definition) is 2. The van der Waals surface area contributed by atoms with Crippen molar-refractivity contribution >= 4 is 34.7 Å². The molecule has 3 aromatic rings. The summed E-state index contributed by atoms with van der Waals surface area (Å²) in [5.41, 5.74) is 2.61. The van der Waals surface area contributed by atoms with Crippen molar-refractivity contribution < 1.29 is 4.74 Å². The van der Waals surface area contributed by atoms with Gasteiger partial charge in [-0.2, -0.15) is 4.98 Å². The van der Waals surface area contributed by atoms with Crippen LogP contribution in [0, 0.1) is 6.92 Å². The maximum absolute atomic E-state index is 6.01. The molecule has 1 heterocycles. The molecule has 6 heteroatoms. The molecule has 1 aromatic heterocycles. The van der Waals surface area contributed by atoms with Gasteiger partial charge in [-0.1, -0.05) is 17.7 Å². The van der Waals surface area contributed by atoms with Crippen LogP contribution in [0.3, 0.4) is 0 Å². The second-order valence-electron chi connectivity index (χ2n) is 5.21. The van der Waals surface area contributed by atoms with Gasteiger partial charge in [0, 0.05) is 28.2 Å². The maximum atomic E-state index is 6.01. The molecule has 0 spiro atoms. The summed E-state index contributed by atoms with van der Waals surface area (Å²) in [6.07, 6.45) is 0. The average Bonchev–Trinajstić information content (AvgIpc) is 2.55. The molecule has 3 rings (SSSR count). The summed E-state index contributed by atoms with van der Waals surface area (Å²) < 4.78 is 5.15. The lowest BCUT2D eigenvalue weighted by Crippen LogP contribution is -2.02. The van der Waals surface area contributed by atoms with E-state index in [-0.39, 0.29) is 0 Å². The normalized spacial score (nSPS) is 10.3. The van der Waals surface area contributed by atoms with Crippen molar-refractivity contribution in [2.24, 2.45) is 0 Å². The first-order valence-electron chi connectivity index (χ1n) is 7.42. The van der Waals surface area contributed by atoms with Crippen molar-refractivity contribution in [2.75, 3.05) is 17.7 Å². The van der Waals surface area contributed by atoms with Crippen LogP contribution in [-0.2, 0) is 0 Å². The van der Waals surface area contributed by atoms with E-state index in [1.165, 1.54) is 0 Å². The van der Waals surface area contributed by atoms with Crippen LogP contribution >= 0.6 is 11.6 Å². The fourth-order valence-electron chi connectivity index (χ4n) is 2.21. The molecule has 2 N–H and O–H groups in total. The number of methoxy groups -OCH3 is 1. The van der Waals surface area contributed by atoms with Gasteiger partial charge in [0.15, 0.2) is 0 Å². The quantitative estimate of drug-likeness (QED) is 0.689. The van der Waals surface area contributed by atoms with Gasteiger partial charge in [-0.05, 0) is 49.4 Å². The molecule has 0 bridgehead atoms. The summed E-state index contributed by atoms with van der Waals surface area (Å²) in [7, 11) is 1.64. The Morgan fingerprint density at radius 2 is 1.71 bits per heavy atom. The van der Waals surface area contributed by atoms with Crippen LogP contribution in [0.4, 0.5) is 23.1 Å². The molecular weight excluding hydrogens is 324 g/mol. The third-order valence-electron chi connectivity index (χ3n) is 3.30. The largest absolute Gasteiger partial charge is 0.497 e. The Morgan fingerprint density at radius 1 is 0.917 bits per heavy atom. The summed E-state index contributed by atoms with van der Waals surface area (Å²) >= 11 is 6.01. The molecule has 24 heavy (non-hydrogen) atoms. The molecule has 0 aliphatic heterocycles. The minimum absolute atomic E-state index is 0.518. The first kappa shape index (κ1) is 16.1. The summed E-state index contributed by atoms with van der Waals surface area (Å²) in [6.45, 7) is 1.92. The third-order valence-corrected chi connectivity index (χ3v) is 3.53. The zero-order chi connectivity index (χ0) is 16.9. The Bertz CT molecular complexity index is 837. The molecule has 0 aliphatic carbocycles. The predicted octanol–water partition coefficient (Wildman–Crippen LogP) is 4.93. The summed E-state index contributed by atoms with van der Waals surface area (Å²) in [6, 6.07) is 16.9. The van der Waals surface area contributed by atoms with E-state index >= 15 is 0 Å². The zero-order valence-electron chi connectivity index (χ0n) is 13.4. The Morgan fingerprint density at radius 3 is 2.42 bits per heavy atom. The molecular formula is C18H17ClN4O. The fourth-order valence-corrected chi connectivity index (χ4v) is 2.40. The van der Waals surface area contributed by atoms with Crippen molar-refractivity contribution in [1.82, 2.24) is 9.97 Å². The highest BCUT2D eigenvalue weighted by atomic mass is 35.5. The molecule has 0 radical (unpaired) electrons. The van der Waals surface area contributed by atoms with E-state index < -0.39 is 0 Å². The van der Waals surface area contributed by atoms with Gasteiger partial charge in [0.1, 0.15) is 11.6 Å². The van der Waals surface area contributed by atoms with Crippen LogP contribution in [0.2, 0.25) is 5.02 Å². The van der Waals surface area contributed by atoms with Crippen LogP contribution in [0.25, 0.3) is 0 Å². The molecule has 2 aromatic carbocycles. The van der Waals surface area contributed by atoms with Gasteiger partial charge >= 0.3 is 0 Å². The summed E-state index contributed by atoms with van der Waals surface area (Å²) in [4.78, 5) is 8.90. The van der Waals surface area contributed by atoms with Crippen molar-refractivity contribution in [3.05, 3.63) is 65.3 Å². The Balaban J connectivity index is 1.80. The number of rotatable bonds is 5. The van der Waals surface area contributed by atoms with Crippen LogP contribution in [-0.4, -0.2) is 17.1 Å². The molecule has 0 saturated heterocycles. The minimum atomic E-state index is 0.518. The number of benzene rings is 2. The molecule has 0 aliphatic rings. The van der Waals surface area contributed by atoms with Crippen molar-refractivity contribution in [1.29, 1.82) is 0 Å². The monoisotopic (exact) mass is 340 g/mol. The lowest BCUT2D eigenvalue weighted by atomic mass is 10.3. The molecule has 0 fully saturated rings. The van der Waals surface area contributed by atoms with E-state index in [2.05, 4.69) is 20.6 Å². The van der Waals surface area contributed by atoms with Gasteiger partial charge in [0.25, 0.3) is 0 Å². The Labute approximate surface area is 145 Å². The number of halogens is 1. The molecule has 0 amide bonds. The fraction of sp³-hybridized carbons (Fsp3) is 0.111. The van der Waals surface area contributed by atoms with E-state index in [4.69, 9.17) is 16.3 Å². The van der Waals surface area contributed by atoms with Gasteiger partial charge in [0.05, 0.1) is 7.11 Å². The van der Waals surface area contributed by atoms with Crippen LogP contribution in [0.5, 0.6) is 5.75 Å². The second kappa shape index (κ2) is 7.19. The number of nitrogens with zero attached hydrogens (tertiary/aromatic N) is 2. The highest BCUT2D eigenvalue weighted by Crippen LogP contribution is 2.22. The van der Waals surface area contributed by atoms with Crippen molar-refractivity contribution in [2.45, 2.75) is 6.92 Å². The first-order valence-corrected chi connectivity index (χ1v) is 7.79. The number of ether oxygens (including phenoxy) is 1. The molecule has 0 saturated carbocycles. The molecule has 122 valence electrons.